The van der Waals surface area contributed by atoms with E-state index in [0.29, 0.717) is 6.42 Å². The van der Waals surface area contributed by atoms with Gasteiger partial charge in [0.25, 0.3) is 0 Å². The summed E-state index contributed by atoms with van der Waals surface area (Å²) in [5.41, 5.74) is 7.09. The zero-order valence-electron chi connectivity index (χ0n) is 9.43. The Kier molecular flexibility index (Phi) is 4.69. The molecule has 0 unspecified atom stereocenters. The molecule has 3 nitrogen and oxygen atoms in total. The van der Waals surface area contributed by atoms with E-state index in [1.54, 1.807) is 11.8 Å². The molecule has 1 aromatic rings. The Hall–Kier alpha value is -0.270. The van der Waals surface area contributed by atoms with Crippen LogP contribution in [0, 0.1) is 3.57 Å². The summed E-state index contributed by atoms with van der Waals surface area (Å²) < 4.78 is 1.20. The van der Waals surface area contributed by atoms with Crippen LogP contribution in [0.2, 0.25) is 0 Å². The predicted octanol–water partition coefficient (Wildman–Crippen LogP) is 1.69. The van der Waals surface area contributed by atoms with Crippen molar-refractivity contribution in [1.82, 2.24) is 4.90 Å². The number of carbonyl (C=O) groups is 1. The first-order valence-electron chi connectivity index (χ1n) is 5.53. The standard InChI is InChI=1S/C12H15IN2OS/c13-10-3-1-9(2-4-10)7-11(14)12(16)15-5-6-17-8-15/h1-4,11H,5-8,14H2/t11-/m0/s1. The van der Waals surface area contributed by atoms with Crippen LogP contribution in [0.1, 0.15) is 5.56 Å². The molecule has 1 aliphatic heterocycles. The average molecular weight is 362 g/mol. The van der Waals surface area contributed by atoms with Crippen molar-refractivity contribution < 1.29 is 4.79 Å². The molecule has 0 bridgehead atoms. The quantitative estimate of drug-likeness (QED) is 0.833. The molecule has 1 fully saturated rings. The summed E-state index contributed by atoms with van der Waals surface area (Å²) in [5.74, 6) is 1.90. The van der Waals surface area contributed by atoms with Crippen LogP contribution in [0.25, 0.3) is 0 Å². The first kappa shape index (κ1) is 13.2. The molecule has 5 heteroatoms. The SMILES string of the molecule is N[C@@H](Cc1ccc(I)cc1)C(=O)N1CCSC1. The van der Waals surface area contributed by atoms with E-state index in [-0.39, 0.29) is 5.91 Å². The van der Waals surface area contributed by atoms with Crippen molar-refractivity contribution in [1.29, 1.82) is 0 Å². The second-order valence-electron chi connectivity index (χ2n) is 4.08. The van der Waals surface area contributed by atoms with Crippen LogP contribution in [0.15, 0.2) is 24.3 Å². The highest BCUT2D eigenvalue weighted by molar-refractivity contribution is 14.1. The molecule has 0 spiro atoms. The topological polar surface area (TPSA) is 46.3 Å². The highest BCUT2D eigenvalue weighted by Crippen LogP contribution is 2.15. The predicted molar refractivity (Wildman–Crippen MR) is 79.9 cm³/mol. The number of thioether (sulfide) groups is 1. The molecular formula is C12H15IN2OS. The van der Waals surface area contributed by atoms with E-state index in [2.05, 4.69) is 22.6 Å². The number of hydrogen-bond donors (Lipinski definition) is 1. The molecule has 92 valence electrons. The Bertz CT molecular complexity index is 390. The summed E-state index contributed by atoms with van der Waals surface area (Å²) in [6.07, 6.45) is 0.622. The number of nitrogens with two attached hydrogens (primary N) is 1. The van der Waals surface area contributed by atoms with Crippen LogP contribution < -0.4 is 5.73 Å². The molecule has 1 aliphatic rings. The molecule has 1 heterocycles. The van der Waals surface area contributed by atoms with Crippen LogP contribution in [-0.2, 0) is 11.2 Å². The third kappa shape index (κ3) is 3.59. The van der Waals surface area contributed by atoms with Crippen LogP contribution in [0.3, 0.4) is 0 Å². The van der Waals surface area contributed by atoms with Crippen molar-refractivity contribution in [3.63, 3.8) is 0 Å². The Balaban J connectivity index is 1.93. The number of hydrogen-bond acceptors (Lipinski definition) is 3. The number of halogens is 1. The van der Waals surface area contributed by atoms with Gasteiger partial charge in [0.15, 0.2) is 0 Å². The van der Waals surface area contributed by atoms with Crippen molar-refractivity contribution in [2.75, 3.05) is 18.2 Å². The summed E-state index contributed by atoms with van der Waals surface area (Å²) in [6, 6.07) is 7.74. The lowest BCUT2D eigenvalue weighted by atomic mass is 10.1. The van der Waals surface area contributed by atoms with Gasteiger partial charge >= 0.3 is 0 Å². The first-order chi connectivity index (χ1) is 8.16. The molecule has 2 N–H and O–H groups in total. The van der Waals surface area contributed by atoms with Gasteiger partial charge in [-0.1, -0.05) is 12.1 Å². The smallest absolute Gasteiger partial charge is 0.240 e. The molecule has 1 aromatic carbocycles. The maximum Gasteiger partial charge on any atom is 0.240 e. The molecule has 0 aromatic heterocycles. The van der Waals surface area contributed by atoms with Gasteiger partial charge in [0.2, 0.25) is 5.91 Å². The molecule has 2 rings (SSSR count). The third-order valence-corrected chi connectivity index (χ3v) is 4.44. The number of nitrogens with zero attached hydrogens (tertiary/aromatic N) is 1. The molecule has 1 amide bonds. The Morgan fingerprint density at radius 1 is 1.47 bits per heavy atom. The molecule has 1 saturated heterocycles. The maximum absolute atomic E-state index is 12.0. The van der Waals surface area contributed by atoms with Gasteiger partial charge in [-0.15, -0.1) is 11.8 Å². The summed E-state index contributed by atoms with van der Waals surface area (Å²) in [4.78, 5) is 13.9. The fourth-order valence-electron chi connectivity index (χ4n) is 1.78. The lowest BCUT2D eigenvalue weighted by Crippen LogP contribution is -2.43. The number of amides is 1. The van der Waals surface area contributed by atoms with Gasteiger partial charge in [-0.3, -0.25) is 4.79 Å². The fourth-order valence-corrected chi connectivity index (χ4v) is 3.10. The lowest BCUT2D eigenvalue weighted by Gasteiger charge is -2.19. The van der Waals surface area contributed by atoms with E-state index >= 15 is 0 Å². The van der Waals surface area contributed by atoms with Crippen LogP contribution in [-0.4, -0.2) is 35.0 Å². The molecule has 17 heavy (non-hydrogen) atoms. The molecule has 0 saturated carbocycles. The van der Waals surface area contributed by atoms with E-state index in [9.17, 15) is 4.79 Å². The normalized spacial score (nSPS) is 17.2. The second kappa shape index (κ2) is 6.06. The van der Waals surface area contributed by atoms with E-state index in [4.69, 9.17) is 5.73 Å². The minimum atomic E-state index is -0.409. The van der Waals surface area contributed by atoms with E-state index < -0.39 is 6.04 Å². The van der Waals surface area contributed by atoms with Crippen LogP contribution >= 0.6 is 34.4 Å². The summed E-state index contributed by atoms with van der Waals surface area (Å²) >= 11 is 4.05. The summed E-state index contributed by atoms with van der Waals surface area (Å²) in [5, 5.41) is 0. The lowest BCUT2D eigenvalue weighted by molar-refractivity contribution is -0.131. The highest BCUT2D eigenvalue weighted by atomic mass is 127. The summed E-state index contributed by atoms with van der Waals surface area (Å²) in [7, 11) is 0. The zero-order valence-corrected chi connectivity index (χ0v) is 12.4. The van der Waals surface area contributed by atoms with Crippen molar-refractivity contribution in [2.45, 2.75) is 12.5 Å². The van der Waals surface area contributed by atoms with Crippen molar-refractivity contribution in [3.8, 4) is 0 Å². The van der Waals surface area contributed by atoms with Gasteiger partial charge in [0.05, 0.1) is 11.9 Å². The van der Waals surface area contributed by atoms with Gasteiger partial charge in [0.1, 0.15) is 0 Å². The van der Waals surface area contributed by atoms with Crippen molar-refractivity contribution >= 4 is 40.3 Å². The number of carbonyl (C=O) groups excluding carboxylic acids is 1. The Morgan fingerprint density at radius 2 is 2.18 bits per heavy atom. The van der Waals surface area contributed by atoms with Gasteiger partial charge < -0.3 is 10.6 Å². The van der Waals surface area contributed by atoms with Gasteiger partial charge in [-0.2, -0.15) is 0 Å². The number of benzene rings is 1. The van der Waals surface area contributed by atoms with Gasteiger partial charge in [0, 0.05) is 15.9 Å². The van der Waals surface area contributed by atoms with Gasteiger partial charge in [-0.05, 0) is 46.7 Å². The van der Waals surface area contributed by atoms with Gasteiger partial charge in [-0.25, -0.2) is 0 Å². The third-order valence-electron chi connectivity index (χ3n) is 2.75. The maximum atomic E-state index is 12.0. The van der Waals surface area contributed by atoms with Crippen LogP contribution in [0.4, 0.5) is 0 Å². The summed E-state index contributed by atoms with van der Waals surface area (Å²) in [6.45, 7) is 0.837. The second-order valence-corrected chi connectivity index (χ2v) is 6.40. The monoisotopic (exact) mass is 362 g/mol. The van der Waals surface area contributed by atoms with E-state index in [1.165, 1.54) is 3.57 Å². The highest BCUT2D eigenvalue weighted by Gasteiger charge is 2.23. The molecule has 1 atom stereocenters. The minimum Gasteiger partial charge on any atom is -0.331 e. The molecule has 0 radical (unpaired) electrons. The van der Waals surface area contributed by atoms with Crippen molar-refractivity contribution in [3.05, 3.63) is 33.4 Å². The van der Waals surface area contributed by atoms with E-state index in [1.807, 2.05) is 29.2 Å². The Morgan fingerprint density at radius 3 is 2.76 bits per heavy atom. The molecular weight excluding hydrogens is 347 g/mol. The minimum absolute atomic E-state index is 0.0774. The zero-order chi connectivity index (χ0) is 12.3. The van der Waals surface area contributed by atoms with Crippen LogP contribution in [0.5, 0.6) is 0 Å². The fraction of sp³-hybridized carbons (Fsp3) is 0.417. The van der Waals surface area contributed by atoms with Crippen molar-refractivity contribution in [2.24, 2.45) is 5.73 Å². The first-order valence-corrected chi connectivity index (χ1v) is 7.77. The average Bonchev–Trinajstić information content (AvgIpc) is 2.84. The van der Waals surface area contributed by atoms with E-state index in [0.717, 1.165) is 23.7 Å². The largest absolute Gasteiger partial charge is 0.331 e. The molecule has 0 aliphatic carbocycles. The Labute approximate surface area is 119 Å². The number of rotatable bonds is 3.